The summed E-state index contributed by atoms with van der Waals surface area (Å²) in [4.78, 5) is 12.1. The average Bonchev–Trinajstić information content (AvgIpc) is 2.85. The highest BCUT2D eigenvalue weighted by Gasteiger charge is 2.12. The van der Waals surface area contributed by atoms with Crippen LogP contribution in [0.5, 0.6) is 5.75 Å². The van der Waals surface area contributed by atoms with Crippen LogP contribution in [0.4, 0.5) is 0 Å². The SMILES string of the molecule is NNC(=O)c1sccc1COc1ccccc1Br. The van der Waals surface area contributed by atoms with E-state index in [1.54, 1.807) is 0 Å². The van der Waals surface area contributed by atoms with Crippen molar-refractivity contribution < 1.29 is 9.53 Å². The number of carbonyl (C=O) groups is 1. The molecule has 0 aliphatic carbocycles. The zero-order valence-electron chi connectivity index (χ0n) is 9.35. The van der Waals surface area contributed by atoms with Gasteiger partial charge in [0.2, 0.25) is 0 Å². The number of hydrazine groups is 1. The Bertz CT molecular complexity index is 557. The summed E-state index contributed by atoms with van der Waals surface area (Å²) >= 11 is 4.74. The third-order valence-electron chi connectivity index (χ3n) is 2.30. The molecule has 1 aromatic carbocycles. The van der Waals surface area contributed by atoms with E-state index < -0.39 is 0 Å². The van der Waals surface area contributed by atoms with Gasteiger partial charge in [-0.1, -0.05) is 12.1 Å². The Balaban J connectivity index is 2.09. The van der Waals surface area contributed by atoms with Crippen LogP contribution in [0.2, 0.25) is 0 Å². The van der Waals surface area contributed by atoms with Crippen molar-refractivity contribution in [3.05, 3.63) is 50.6 Å². The highest BCUT2D eigenvalue weighted by Crippen LogP contribution is 2.26. The molecule has 0 aliphatic rings. The predicted octanol–water partition coefficient (Wildman–Crippen LogP) is 2.69. The number of thiophene rings is 1. The first kappa shape index (κ1) is 13.1. The Hall–Kier alpha value is -1.37. The van der Waals surface area contributed by atoms with E-state index in [0.717, 1.165) is 15.8 Å². The number of nitrogens with one attached hydrogen (secondary N) is 1. The highest BCUT2D eigenvalue weighted by molar-refractivity contribution is 9.10. The Morgan fingerprint density at radius 2 is 2.17 bits per heavy atom. The molecule has 0 radical (unpaired) electrons. The number of nitrogens with two attached hydrogens (primary N) is 1. The van der Waals surface area contributed by atoms with E-state index in [9.17, 15) is 4.79 Å². The summed E-state index contributed by atoms with van der Waals surface area (Å²) in [5.74, 6) is 5.57. The lowest BCUT2D eigenvalue weighted by Gasteiger charge is -2.08. The van der Waals surface area contributed by atoms with Crippen LogP contribution in [0.25, 0.3) is 0 Å². The van der Waals surface area contributed by atoms with Gasteiger partial charge in [0.15, 0.2) is 0 Å². The van der Waals surface area contributed by atoms with Crippen molar-refractivity contribution in [3.63, 3.8) is 0 Å². The minimum atomic E-state index is -0.296. The number of benzene rings is 1. The summed E-state index contributed by atoms with van der Waals surface area (Å²) in [7, 11) is 0. The Kier molecular flexibility index (Phi) is 4.35. The monoisotopic (exact) mass is 326 g/mol. The summed E-state index contributed by atoms with van der Waals surface area (Å²) in [6.45, 7) is 0.328. The summed E-state index contributed by atoms with van der Waals surface area (Å²) < 4.78 is 6.54. The van der Waals surface area contributed by atoms with Crippen molar-refractivity contribution in [1.82, 2.24) is 5.43 Å². The fourth-order valence-corrected chi connectivity index (χ4v) is 2.64. The van der Waals surface area contributed by atoms with Gasteiger partial charge >= 0.3 is 0 Å². The molecule has 1 amide bonds. The molecule has 2 rings (SSSR count). The molecule has 1 heterocycles. The quantitative estimate of drug-likeness (QED) is 0.516. The van der Waals surface area contributed by atoms with Gasteiger partial charge in [-0.25, -0.2) is 5.84 Å². The number of hydrogen-bond donors (Lipinski definition) is 2. The molecule has 6 heteroatoms. The summed E-state index contributed by atoms with van der Waals surface area (Å²) in [5.41, 5.74) is 2.94. The number of ether oxygens (including phenoxy) is 1. The molecular weight excluding hydrogens is 316 g/mol. The first-order valence-electron chi connectivity index (χ1n) is 5.17. The van der Waals surface area contributed by atoms with E-state index in [-0.39, 0.29) is 5.91 Å². The Labute approximate surface area is 117 Å². The number of hydrogen-bond acceptors (Lipinski definition) is 4. The van der Waals surface area contributed by atoms with Crippen LogP contribution in [-0.2, 0) is 6.61 Å². The number of halogens is 1. The summed E-state index contributed by atoms with van der Waals surface area (Å²) in [6, 6.07) is 9.41. The molecule has 0 fully saturated rings. The standard InChI is InChI=1S/C12H11BrN2O2S/c13-9-3-1-2-4-10(9)17-7-8-5-6-18-11(8)12(16)15-14/h1-6H,7,14H2,(H,15,16). The molecule has 1 aromatic heterocycles. The number of nitrogen functional groups attached to an aromatic ring is 1. The molecular formula is C12H11BrN2O2S. The van der Waals surface area contributed by atoms with Gasteiger partial charge < -0.3 is 4.74 Å². The Morgan fingerprint density at radius 3 is 2.89 bits per heavy atom. The lowest BCUT2D eigenvalue weighted by Crippen LogP contribution is -2.30. The van der Waals surface area contributed by atoms with Gasteiger partial charge in [0, 0.05) is 5.56 Å². The molecule has 0 aliphatic heterocycles. The second-order valence-corrected chi connectivity index (χ2v) is 5.24. The van der Waals surface area contributed by atoms with E-state index >= 15 is 0 Å². The van der Waals surface area contributed by atoms with Gasteiger partial charge in [-0.15, -0.1) is 11.3 Å². The number of carbonyl (C=O) groups excluding carboxylic acids is 1. The fraction of sp³-hybridized carbons (Fsp3) is 0.0833. The number of rotatable bonds is 4. The first-order chi connectivity index (χ1) is 8.72. The number of amides is 1. The molecule has 2 aromatic rings. The van der Waals surface area contributed by atoms with Crippen LogP contribution in [0.1, 0.15) is 15.2 Å². The van der Waals surface area contributed by atoms with Crippen LogP contribution in [0.15, 0.2) is 40.2 Å². The zero-order chi connectivity index (χ0) is 13.0. The maximum absolute atomic E-state index is 11.5. The smallest absolute Gasteiger partial charge is 0.275 e. The third-order valence-corrected chi connectivity index (χ3v) is 3.91. The molecule has 0 saturated heterocycles. The highest BCUT2D eigenvalue weighted by atomic mass is 79.9. The molecule has 4 nitrogen and oxygen atoms in total. The van der Waals surface area contributed by atoms with E-state index in [2.05, 4.69) is 21.4 Å². The zero-order valence-corrected chi connectivity index (χ0v) is 11.8. The van der Waals surface area contributed by atoms with Gasteiger partial charge in [0.1, 0.15) is 12.4 Å². The van der Waals surface area contributed by atoms with Crippen LogP contribution >= 0.6 is 27.3 Å². The van der Waals surface area contributed by atoms with Crippen molar-refractivity contribution in [2.75, 3.05) is 0 Å². The van der Waals surface area contributed by atoms with Gasteiger partial charge in [-0.3, -0.25) is 10.2 Å². The van der Waals surface area contributed by atoms with E-state index in [1.807, 2.05) is 35.7 Å². The molecule has 0 unspecified atom stereocenters. The molecule has 3 N–H and O–H groups in total. The van der Waals surface area contributed by atoms with Gasteiger partial charge in [0.25, 0.3) is 5.91 Å². The van der Waals surface area contributed by atoms with Crippen LogP contribution in [-0.4, -0.2) is 5.91 Å². The maximum atomic E-state index is 11.5. The normalized spacial score (nSPS) is 10.1. The molecule has 0 atom stereocenters. The molecule has 0 spiro atoms. The predicted molar refractivity (Wildman–Crippen MR) is 74.4 cm³/mol. The van der Waals surface area contributed by atoms with Crippen molar-refractivity contribution in [2.24, 2.45) is 5.84 Å². The molecule has 94 valence electrons. The summed E-state index contributed by atoms with van der Waals surface area (Å²) in [6.07, 6.45) is 0. The van der Waals surface area contributed by atoms with Crippen LogP contribution < -0.4 is 16.0 Å². The van der Waals surface area contributed by atoms with Gasteiger partial charge in [-0.2, -0.15) is 0 Å². The minimum absolute atomic E-state index is 0.296. The largest absolute Gasteiger partial charge is 0.488 e. The average molecular weight is 327 g/mol. The maximum Gasteiger partial charge on any atom is 0.275 e. The van der Waals surface area contributed by atoms with E-state index in [0.29, 0.717) is 11.5 Å². The second-order valence-electron chi connectivity index (χ2n) is 3.47. The lowest BCUT2D eigenvalue weighted by molar-refractivity contribution is 0.0955. The molecule has 0 saturated carbocycles. The van der Waals surface area contributed by atoms with Crippen LogP contribution in [0.3, 0.4) is 0 Å². The van der Waals surface area contributed by atoms with Gasteiger partial charge in [-0.05, 0) is 39.5 Å². The molecule has 18 heavy (non-hydrogen) atoms. The summed E-state index contributed by atoms with van der Waals surface area (Å²) in [5, 5.41) is 1.84. The topological polar surface area (TPSA) is 64.3 Å². The minimum Gasteiger partial charge on any atom is -0.488 e. The fourth-order valence-electron chi connectivity index (χ4n) is 1.43. The van der Waals surface area contributed by atoms with Gasteiger partial charge in [0.05, 0.1) is 9.35 Å². The van der Waals surface area contributed by atoms with E-state index in [1.165, 1.54) is 11.3 Å². The molecule has 0 bridgehead atoms. The first-order valence-corrected chi connectivity index (χ1v) is 6.84. The van der Waals surface area contributed by atoms with Crippen LogP contribution in [0, 0.1) is 0 Å². The van der Waals surface area contributed by atoms with Crippen molar-refractivity contribution >= 4 is 33.2 Å². The second kappa shape index (κ2) is 5.99. The van der Waals surface area contributed by atoms with Crippen molar-refractivity contribution in [1.29, 1.82) is 0 Å². The van der Waals surface area contributed by atoms with E-state index in [4.69, 9.17) is 10.6 Å². The lowest BCUT2D eigenvalue weighted by atomic mass is 10.2. The third kappa shape index (κ3) is 2.90. The number of para-hydroxylation sites is 1. The van der Waals surface area contributed by atoms with Crippen molar-refractivity contribution in [2.45, 2.75) is 6.61 Å². The Morgan fingerprint density at radius 1 is 1.39 bits per heavy atom. The van der Waals surface area contributed by atoms with Crippen molar-refractivity contribution in [3.8, 4) is 5.75 Å².